The number of urea groups is 1. The first-order valence-corrected chi connectivity index (χ1v) is 10.4. The number of methoxy groups -OCH3 is 3. The smallest absolute Gasteiger partial charge is 0.326 e. The van der Waals surface area contributed by atoms with E-state index in [9.17, 15) is 19.2 Å². The van der Waals surface area contributed by atoms with Gasteiger partial charge in [0.15, 0.2) is 18.1 Å². The van der Waals surface area contributed by atoms with Crippen LogP contribution in [0.1, 0.15) is 43.0 Å². The Hall–Kier alpha value is -3.30. The van der Waals surface area contributed by atoms with Crippen molar-refractivity contribution in [2.75, 3.05) is 34.5 Å². The van der Waals surface area contributed by atoms with E-state index in [2.05, 4.69) is 12.2 Å². The molecule has 1 N–H and O–H groups in total. The molecule has 1 saturated heterocycles. The molecule has 0 bridgehead atoms. The molecule has 1 spiro atoms. The predicted molar refractivity (Wildman–Crippen MR) is 112 cm³/mol. The lowest BCUT2D eigenvalue weighted by molar-refractivity contribution is -0.147. The van der Waals surface area contributed by atoms with Crippen molar-refractivity contribution in [2.45, 2.75) is 38.1 Å². The molecule has 1 saturated carbocycles. The zero-order valence-electron chi connectivity index (χ0n) is 18.7. The Bertz CT molecular complexity index is 896. The van der Waals surface area contributed by atoms with Crippen LogP contribution in [0.4, 0.5) is 4.79 Å². The standard InChI is InChI=1S/C22H28N2O8/c1-13-5-7-22(8-6-13)20(27)24(21(28)23-22)11-18(26)32-12-15(25)14-9-16(29-2)19(31-4)17(10-14)30-3/h9-10,13H,5-8,11-12H2,1-4H3,(H,23,28). The van der Waals surface area contributed by atoms with Gasteiger partial charge in [0.05, 0.1) is 21.3 Å². The Kier molecular flexibility index (Phi) is 6.90. The van der Waals surface area contributed by atoms with Crippen LogP contribution >= 0.6 is 0 Å². The number of ether oxygens (including phenoxy) is 4. The highest BCUT2D eigenvalue weighted by atomic mass is 16.5. The number of ketones is 1. The van der Waals surface area contributed by atoms with Crippen LogP contribution in [-0.4, -0.2) is 68.6 Å². The van der Waals surface area contributed by atoms with Crippen molar-refractivity contribution in [2.24, 2.45) is 5.92 Å². The summed E-state index contributed by atoms with van der Waals surface area (Å²) in [5.74, 6) is -0.384. The van der Waals surface area contributed by atoms with E-state index in [1.165, 1.54) is 33.5 Å². The van der Waals surface area contributed by atoms with Gasteiger partial charge < -0.3 is 24.3 Å². The van der Waals surface area contributed by atoms with Crippen LogP contribution in [-0.2, 0) is 14.3 Å². The topological polar surface area (TPSA) is 120 Å². The van der Waals surface area contributed by atoms with E-state index in [4.69, 9.17) is 18.9 Å². The number of imide groups is 1. The van der Waals surface area contributed by atoms with Crippen molar-refractivity contribution in [1.82, 2.24) is 10.2 Å². The van der Waals surface area contributed by atoms with Crippen molar-refractivity contribution in [1.29, 1.82) is 0 Å². The largest absolute Gasteiger partial charge is 0.493 e. The summed E-state index contributed by atoms with van der Waals surface area (Å²) >= 11 is 0. The molecule has 0 aromatic heterocycles. The molecule has 10 heteroatoms. The second-order valence-electron chi connectivity index (χ2n) is 8.08. The highest BCUT2D eigenvalue weighted by Crippen LogP contribution is 2.38. The van der Waals surface area contributed by atoms with Gasteiger partial charge in [-0.25, -0.2) is 4.79 Å². The fourth-order valence-electron chi connectivity index (χ4n) is 4.06. The third kappa shape index (κ3) is 4.49. The van der Waals surface area contributed by atoms with Crippen LogP contribution in [0.25, 0.3) is 0 Å². The fourth-order valence-corrected chi connectivity index (χ4v) is 4.06. The zero-order chi connectivity index (χ0) is 23.5. The minimum Gasteiger partial charge on any atom is -0.493 e. The van der Waals surface area contributed by atoms with E-state index in [0.717, 1.165) is 17.7 Å². The number of amides is 3. The number of carbonyl (C=O) groups excluding carboxylic acids is 4. The van der Waals surface area contributed by atoms with Crippen LogP contribution in [0.15, 0.2) is 12.1 Å². The second-order valence-corrected chi connectivity index (χ2v) is 8.08. The van der Waals surface area contributed by atoms with Gasteiger partial charge in [0.1, 0.15) is 12.1 Å². The summed E-state index contributed by atoms with van der Waals surface area (Å²) in [4.78, 5) is 50.8. The number of esters is 1. The molecule has 2 aliphatic rings. The summed E-state index contributed by atoms with van der Waals surface area (Å²) in [5, 5.41) is 2.74. The van der Waals surface area contributed by atoms with Gasteiger partial charge in [0, 0.05) is 5.56 Å². The summed E-state index contributed by atoms with van der Waals surface area (Å²) in [7, 11) is 4.28. The Morgan fingerprint density at radius 3 is 2.19 bits per heavy atom. The molecule has 1 aromatic carbocycles. The molecule has 0 unspecified atom stereocenters. The minimum absolute atomic E-state index is 0.192. The van der Waals surface area contributed by atoms with Crippen molar-refractivity contribution < 1.29 is 38.1 Å². The van der Waals surface area contributed by atoms with Gasteiger partial charge in [-0.2, -0.15) is 0 Å². The molecule has 32 heavy (non-hydrogen) atoms. The van der Waals surface area contributed by atoms with Gasteiger partial charge in [-0.3, -0.25) is 19.3 Å². The van der Waals surface area contributed by atoms with Crippen LogP contribution in [0.3, 0.4) is 0 Å². The van der Waals surface area contributed by atoms with Crippen LogP contribution < -0.4 is 19.5 Å². The minimum atomic E-state index is -0.935. The quantitative estimate of drug-likeness (QED) is 0.364. The number of nitrogens with zero attached hydrogens (tertiary/aromatic N) is 1. The van der Waals surface area contributed by atoms with E-state index in [1.807, 2.05) is 0 Å². The molecule has 0 radical (unpaired) electrons. The SMILES string of the molecule is COc1cc(C(=O)COC(=O)CN2C(=O)NC3(CCC(C)CC3)C2=O)cc(OC)c1OC. The molecule has 1 aromatic rings. The second kappa shape index (κ2) is 9.46. The number of carbonyl (C=O) groups is 4. The lowest BCUT2D eigenvalue weighted by atomic mass is 9.77. The van der Waals surface area contributed by atoms with Crippen LogP contribution in [0, 0.1) is 5.92 Å². The van der Waals surface area contributed by atoms with E-state index < -0.39 is 42.4 Å². The maximum Gasteiger partial charge on any atom is 0.326 e. The van der Waals surface area contributed by atoms with Gasteiger partial charge in [0.25, 0.3) is 5.91 Å². The summed E-state index contributed by atoms with van der Waals surface area (Å²) < 4.78 is 20.7. The Labute approximate surface area is 186 Å². The zero-order valence-corrected chi connectivity index (χ0v) is 18.7. The average molecular weight is 448 g/mol. The highest BCUT2D eigenvalue weighted by molar-refractivity contribution is 6.09. The van der Waals surface area contributed by atoms with E-state index in [-0.39, 0.29) is 17.1 Å². The third-order valence-electron chi connectivity index (χ3n) is 6.01. The van der Waals surface area contributed by atoms with Gasteiger partial charge in [-0.15, -0.1) is 0 Å². The summed E-state index contributed by atoms with van der Waals surface area (Å²) in [5.41, 5.74) is -0.742. The molecule has 174 valence electrons. The maximum absolute atomic E-state index is 12.8. The van der Waals surface area contributed by atoms with Crippen molar-refractivity contribution in [3.63, 3.8) is 0 Å². The third-order valence-corrected chi connectivity index (χ3v) is 6.01. The molecule has 3 rings (SSSR count). The van der Waals surface area contributed by atoms with Crippen molar-refractivity contribution >= 4 is 23.7 Å². The van der Waals surface area contributed by atoms with E-state index >= 15 is 0 Å². The summed E-state index contributed by atoms with van der Waals surface area (Å²) in [6.45, 7) is 0.989. The molecule has 1 aliphatic carbocycles. The number of hydrogen-bond acceptors (Lipinski definition) is 8. The van der Waals surface area contributed by atoms with Crippen LogP contribution in [0.2, 0.25) is 0 Å². The van der Waals surface area contributed by atoms with Crippen molar-refractivity contribution in [3.8, 4) is 17.2 Å². The first-order chi connectivity index (χ1) is 15.2. The van der Waals surface area contributed by atoms with Gasteiger partial charge >= 0.3 is 12.0 Å². The Morgan fingerprint density at radius 2 is 1.66 bits per heavy atom. The summed E-state index contributed by atoms with van der Waals surface area (Å²) in [6.07, 6.45) is 2.75. The summed E-state index contributed by atoms with van der Waals surface area (Å²) in [6, 6.07) is 2.28. The molecule has 2 fully saturated rings. The molecule has 3 amide bonds. The number of Topliss-reactive ketones (excluding diaryl/α,β-unsaturated/α-hetero) is 1. The monoisotopic (exact) mass is 448 g/mol. The van der Waals surface area contributed by atoms with Gasteiger partial charge in [0.2, 0.25) is 11.5 Å². The highest BCUT2D eigenvalue weighted by Gasteiger charge is 2.52. The van der Waals surface area contributed by atoms with Gasteiger partial charge in [-0.1, -0.05) is 6.92 Å². The molecule has 10 nitrogen and oxygen atoms in total. The number of nitrogens with one attached hydrogen (secondary N) is 1. The lowest BCUT2D eigenvalue weighted by Gasteiger charge is -2.33. The molecule has 1 heterocycles. The number of hydrogen-bond donors (Lipinski definition) is 1. The van der Waals surface area contributed by atoms with E-state index in [1.54, 1.807) is 0 Å². The fraction of sp³-hybridized carbons (Fsp3) is 0.545. The first-order valence-electron chi connectivity index (χ1n) is 10.4. The van der Waals surface area contributed by atoms with E-state index in [0.29, 0.717) is 24.5 Å². The van der Waals surface area contributed by atoms with Crippen molar-refractivity contribution in [3.05, 3.63) is 17.7 Å². The molecular formula is C22H28N2O8. The number of rotatable bonds is 8. The number of benzene rings is 1. The van der Waals surface area contributed by atoms with Gasteiger partial charge in [-0.05, 0) is 43.7 Å². The molecule has 1 aliphatic heterocycles. The average Bonchev–Trinajstić information content (AvgIpc) is 3.02. The normalized spacial score (nSPS) is 22.5. The Balaban J connectivity index is 1.61. The Morgan fingerprint density at radius 1 is 1.06 bits per heavy atom. The predicted octanol–water partition coefficient (Wildman–Crippen LogP) is 1.94. The lowest BCUT2D eigenvalue weighted by Crippen LogP contribution is -2.49. The molecular weight excluding hydrogens is 420 g/mol. The van der Waals surface area contributed by atoms with Crippen LogP contribution in [0.5, 0.6) is 17.2 Å². The maximum atomic E-state index is 12.8. The first kappa shape index (κ1) is 23.4. The molecule has 0 atom stereocenters.